The second-order valence-corrected chi connectivity index (χ2v) is 5.63. The van der Waals surface area contributed by atoms with Crippen LogP contribution in [0.4, 0.5) is 5.69 Å². The van der Waals surface area contributed by atoms with Crippen molar-refractivity contribution in [3.8, 4) is 0 Å². The fraction of sp³-hybridized carbons (Fsp3) is 0.812. The van der Waals surface area contributed by atoms with Crippen LogP contribution in [-0.4, -0.2) is 15.8 Å². The minimum Gasteiger partial charge on any atom is -0.380 e. The van der Waals surface area contributed by atoms with Crippen molar-refractivity contribution >= 4 is 5.69 Å². The zero-order chi connectivity index (χ0) is 14.1. The molecular formula is C16H31N3. The highest BCUT2D eigenvalue weighted by Gasteiger charge is 2.11. The van der Waals surface area contributed by atoms with Crippen LogP contribution in [0.5, 0.6) is 0 Å². The largest absolute Gasteiger partial charge is 0.380 e. The first-order valence-electron chi connectivity index (χ1n) is 7.94. The van der Waals surface area contributed by atoms with E-state index in [1.54, 1.807) is 0 Å². The lowest BCUT2D eigenvalue weighted by molar-refractivity contribution is 0.526. The number of aromatic nitrogens is 2. The third-order valence-electron chi connectivity index (χ3n) is 3.69. The van der Waals surface area contributed by atoms with Crippen molar-refractivity contribution in [3.63, 3.8) is 0 Å². The Hall–Kier alpha value is -0.990. The SMILES string of the molecule is CCCCCC(CCCCC)Nc1cn(C)nc1C. The lowest BCUT2D eigenvalue weighted by atomic mass is 10.0. The highest BCUT2D eigenvalue weighted by atomic mass is 15.3. The first-order valence-corrected chi connectivity index (χ1v) is 7.94. The van der Waals surface area contributed by atoms with E-state index in [0.29, 0.717) is 6.04 Å². The van der Waals surface area contributed by atoms with Crippen molar-refractivity contribution in [2.24, 2.45) is 7.05 Å². The Kier molecular flexibility index (Phi) is 7.61. The smallest absolute Gasteiger partial charge is 0.0825 e. The number of nitrogens with one attached hydrogen (secondary N) is 1. The van der Waals surface area contributed by atoms with Gasteiger partial charge in [0.15, 0.2) is 0 Å². The molecule has 0 aliphatic carbocycles. The number of hydrogen-bond acceptors (Lipinski definition) is 2. The monoisotopic (exact) mass is 265 g/mol. The Balaban J connectivity index is 2.49. The predicted octanol–water partition coefficient (Wildman–Crippen LogP) is 4.67. The van der Waals surface area contributed by atoms with E-state index >= 15 is 0 Å². The average molecular weight is 265 g/mol. The van der Waals surface area contributed by atoms with Crippen LogP contribution < -0.4 is 5.32 Å². The highest BCUT2D eigenvalue weighted by molar-refractivity contribution is 5.46. The number of unbranched alkanes of at least 4 members (excludes halogenated alkanes) is 4. The molecule has 0 spiro atoms. The molecule has 0 aliphatic rings. The summed E-state index contributed by atoms with van der Waals surface area (Å²) in [6.45, 7) is 6.62. The Morgan fingerprint density at radius 1 is 1.11 bits per heavy atom. The van der Waals surface area contributed by atoms with E-state index in [9.17, 15) is 0 Å². The molecule has 0 amide bonds. The number of anilines is 1. The molecule has 1 aromatic heterocycles. The quantitative estimate of drug-likeness (QED) is 0.623. The summed E-state index contributed by atoms with van der Waals surface area (Å²) in [6.07, 6.45) is 12.6. The maximum absolute atomic E-state index is 4.41. The van der Waals surface area contributed by atoms with Gasteiger partial charge in [0.25, 0.3) is 0 Å². The van der Waals surface area contributed by atoms with Crippen LogP contribution in [-0.2, 0) is 7.05 Å². The second-order valence-electron chi connectivity index (χ2n) is 5.63. The van der Waals surface area contributed by atoms with Gasteiger partial charge < -0.3 is 5.32 Å². The van der Waals surface area contributed by atoms with Crippen LogP contribution in [0.15, 0.2) is 6.20 Å². The number of hydrogen-bond donors (Lipinski definition) is 1. The molecule has 0 saturated heterocycles. The summed E-state index contributed by atoms with van der Waals surface area (Å²) < 4.78 is 1.90. The molecular weight excluding hydrogens is 234 g/mol. The summed E-state index contributed by atoms with van der Waals surface area (Å²) in [5.41, 5.74) is 2.32. The molecule has 3 heteroatoms. The summed E-state index contributed by atoms with van der Waals surface area (Å²) in [7, 11) is 1.99. The molecule has 0 radical (unpaired) electrons. The Bertz CT molecular complexity index is 334. The highest BCUT2D eigenvalue weighted by Crippen LogP contribution is 2.19. The molecule has 0 bridgehead atoms. The Labute approximate surface area is 118 Å². The van der Waals surface area contributed by atoms with Gasteiger partial charge in [0, 0.05) is 19.3 Å². The van der Waals surface area contributed by atoms with Crippen LogP contribution >= 0.6 is 0 Å². The maximum atomic E-state index is 4.41. The summed E-state index contributed by atoms with van der Waals surface area (Å²) in [5.74, 6) is 0. The van der Waals surface area contributed by atoms with Gasteiger partial charge in [-0.25, -0.2) is 0 Å². The van der Waals surface area contributed by atoms with Gasteiger partial charge in [-0.1, -0.05) is 52.4 Å². The first kappa shape index (κ1) is 16.1. The average Bonchev–Trinajstić information content (AvgIpc) is 2.68. The van der Waals surface area contributed by atoms with Gasteiger partial charge in [-0.3, -0.25) is 4.68 Å². The van der Waals surface area contributed by atoms with Crippen molar-refractivity contribution in [2.75, 3.05) is 5.32 Å². The maximum Gasteiger partial charge on any atom is 0.0825 e. The fourth-order valence-corrected chi connectivity index (χ4v) is 2.53. The van der Waals surface area contributed by atoms with E-state index in [-0.39, 0.29) is 0 Å². The molecule has 0 aliphatic heterocycles. The molecule has 0 atom stereocenters. The molecule has 1 aromatic rings. The van der Waals surface area contributed by atoms with Crippen molar-refractivity contribution in [2.45, 2.75) is 78.2 Å². The van der Waals surface area contributed by atoms with Gasteiger partial charge in [-0.15, -0.1) is 0 Å². The van der Waals surface area contributed by atoms with Crippen molar-refractivity contribution in [1.82, 2.24) is 9.78 Å². The normalized spacial score (nSPS) is 11.2. The molecule has 1 N–H and O–H groups in total. The topological polar surface area (TPSA) is 29.9 Å². The second kappa shape index (κ2) is 9.00. The minimum atomic E-state index is 0.612. The van der Waals surface area contributed by atoms with Gasteiger partial charge in [0.2, 0.25) is 0 Å². The van der Waals surface area contributed by atoms with Crippen LogP contribution in [0.25, 0.3) is 0 Å². The Morgan fingerprint density at radius 3 is 2.11 bits per heavy atom. The zero-order valence-corrected chi connectivity index (χ0v) is 13.2. The summed E-state index contributed by atoms with van der Waals surface area (Å²) in [6, 6.07) is 0.612. The lowest BCUT2D eigenvalue weighted by Gasteiger charge is -2.19. The molecule has 0 unspecified atom stereocenters. The van der Waals surface area contributed by atoms with E-state index in [1.165, 1.54) is 57.1 Å². The standard InChI is InChI=1S/C16H31N3/c1-5-7-9-11-15(12-10-8-6-2)17-16-13-19(4)18-14(16)3/h13,15,17H,5-12H2,1-4H3. The number of rotatable bonds is 10. The van der Waals surface area contributed by atoms with Crippen molar-refractivity contribution in [1.29, 1.82) is 0 Å². The van der Waals surface area contributed by atoms with Crippen molar-refractivity contribution < 1.29 is 0 Å². The molecule has 110 valence electrons. The minimum absolute atomic E-state index is 0.612. The third-order valence-corrected chi connectivity index (χ3v) is 3.69. The molecule has 1 heterocycles. The van der Waals surface area contributed by atoms with Gasteiger partial charge >= 0.3 is 0 Å². The van der Waals surface area contributed by atoms with Gasteiger partial charge in [-0.2, -0.15) is 5.10 Å². The predicted molar refractivity (Wildman–Crippen MR) is 83.6 cm³/mol. The van der Waals surface area contributed by atoms with Gasteiger partial charge in [-0.05, 0) is 19.8 Å². The van der Waals surface area contributed by atoms with Gasteiger partial charge in [0.05, 0.1) is 11.4 Å². The van der Waals surface area contributed by atoms with E-state index in [0.717, 1.165) is 5.69 Å². The molecule has 0 aromatic carbocycles. The molecule has 0 saturated carbocycles. The summed E-state index contributed by atoms with van der Waals surface area (Å²) >= 11 is 0. The molecule has 0 fully saturated rings. The number of aryl methyl sites for hydroxylation is 2. The molecule has 3 nitrogen and oxygen atoms in total. The van der Waals surface area contributed by atoms with Gasteiger partial charge in [0.1, 0.15) is 0 Å². The zero-order valence-electron chi connectivity index (χ0n) is 13.2. The van der Waals surface area contributed by atoms with Crippen LogP contribution in [0.1, 0.15) is 70.9 Å². The van der Waals surface area contributed by atoms with Crippen molar-refractivity contribution in [3.05, 3.63) is 11.9 Å². The lowest BCUT2D eigenvalue weighted by Crippen LogP contribution is -2.19. The van der Waals surface area contributed by atoms with E-state index in [2.05, 4.69) is 37.4 Å². The summed E-state index contributed by atoms with van der Waals surface area (Å²) in [5, 5.41) is 8.11. The van der Waals surface area contributed by atoms with Crippen LogP contribution in [0, 0.1) is 6.92 Å². The number of nitrogens with zero attached hydrogens (tertiary/aromatic N) is 2. The summed E-state index contributed by atoms with van der Waals surface area (Å²) in [4.78, 5) is 0. The van der Waals surface area contributed by atoms with E-state index in [1.807, 2.05) is 11.7 Å². The Morgan fingerprint density at radius 2 is 1.68 bits per heavy atom. The van der Waals surface area contributed by atoms with Crippen LogP contribution in [0.3, 0.4) is 0 Å². The molecule has 1 rings (SSSR count). The first-order chi connectivity index (χ1) is 9.17. The fourth-order valence-electron chi connectivity index (χ4n) is 2.53. The van der Waals surface area contributed by atoms with E-state index in [4.69, 9.17) is 0 Å². The third kappa shape index (κ3) is 6.13. The van der Waals surface area contributed by atoms with Crippen LogP contribution in [0.2, 0.25) is 0 Å². The molecule has 19 heavy (non-hydrogen) atoms. The van der Waals surface area contributed by atoms with E-state index < -0.39 is 0 Å².